The maximum Gasteiger partial charge on any atom is 0.306 e. The molecule has 1 saturated carbocycles. The van der Waals surface area contributed by atoms with Crippen molar-refractivity contribution in [3.05, 3.63) is 0 Å². The SMILES string of the molecule is COC(C)(C)[C@@H]1C[C@H]1C(=O)O. The van der Waals surface area contributed by atoms with Crippen LogP contribution in [0.15, 0.2) is 0 Å². The van der Waals surface area contributed by atoms with E-state index in [1.54, 1.807) is 7.11 Å². The summed E-state index contributed by atoms with van der Waals surface area (Å²) in [6, 6.07) is 0. The fourth-order valence-corrected chi connectivity index (χ4v) is 1.39. The van der Waals surface area contributed by atoms with Crippen LogP contribution in [0.25, 0.3) is 0 Å². The summed E-state index contributed by atoms with van der Waals surface area (Å²) in [4.78, 5) is 10.5. The fraction of sp³-hybridized carbons (Fsp3) is 0.875. The first-order valence-electron chi connectivity index (χ1n) is 3.77. The number of hydrogen-bond acceptors (Lipinski definition) is 2. The first-order valence-corrected chi connectivity index (χ1v) is 3.77. The van der Waals surface area contributed by atoms with Crippen LogP contribution in [-0.4, -0.2) is 23.8 Å². The normalized spacial score (nSPS) is 30.1. The second kappa shape index (κ2) is 2.48. The van der Waals surface area contributed by atoms with E-state index in [0.29, 0.717) is 0 Å². The second-order valence-corrected chi connectivity index (χ2v) is 3.59. The molecule has 0 amide bonds. The number of rotatable bonds is 3. The summed E-state index contributed by atoms with van der Waals surface area (Å²) in [5.74, 6) is -0.671. The van der Waals surface area contributed by atoms with Crippen molar-refractivity contribution >= 4 is 5.97 Å². The van der Waals surface area contributed by atoms with Crippen LogP contribution in [0.1, 0.15) is 20.3 Å². The van der Waals surface area contributed by atoms with E-state index in [0.717, 1.165) is 6.42 Å². The molecule has 0 aliphatic heterocycles. The molecule has 2 atom stereocenters. The fourth-order valence-electron chi connectivity index (χ4n) is 1.39. The quantitative estimate of drug-likeness (QED) is 0.669. The van der Waals surface area contributed by atoms with Gasteiger partial charge in [0.15, 0.2) is 0 Å². The van der Waals surface area contributed by atoms with Crippen LogP contribution >= 0.6 is 0 Å². The minimum atomic E-state index is -0.694. The van der Waals surface area contributed by atoms with Crippen LogP contribution in [0, 0.1) is 11.8 Å². The smallest absolute Gasteiger partial charge is 0.306 e. The number of carbonyl (C=O) groups is 1. The predicted molar refractivity (Wildman–Crippen MR) is 40.3 cm³/mol. The molecule has 11 heavy (non-hydrogen) atoms. The average Bonchev–Trinajstić information content (AvgIpc) is 2.65. The average molecular weight is 158 g/mol. The molecule has 0 unspecified atom stereocenters. The zero-order valence-electron chi connectivity index (χ0n) is 7.13. The van der Waals surface area contributed by atoms with Gasteiger partial charge in [-0.1, -0.05) is 0 Å². The summed E-state index contributed by atoms with van der Waals surface area (Å²) in [5, 5.41) is 8.63. The number of methoxy groups -OCH3 is 1. The minimum Gasteiger partial charge on any atom is -0.481 e. The topological polar surface area (TPSA) is 46.5 Å². The third-order valence-corrected chi connectivity index (χ3v) is 2.53. The zero-order chi connectivity index (χ0) is 8.65. The lowest BCUT2D eigenvalue weighted by atomic mass is 10.0. The summed E-state index contributed by atoms with van der Waals surface area (Å²) in [7, 11) is 1.62. The number of carboxylic acids is 1. The van der Waals surface area contributed by atoms with Crippen LogP contribution in [-0.2, 0) is 9.53 Å². The van der Waals surface area contributed by atoms with Gasteiger partial charge in [-0.05, 0) is 20.3 Å². The minimum absolute atomic E-state index is 0.176. The van der Waals surface area contributed by atoms with E-state index in [1.807, 2.05) is 13.8 Å². The van der Waals surface area contributed by atoms with Crippen LogP contribution in [0.4, 0.5) is 0 Å². The van der Waals surface area contributed by atoms with Crippen LogP contribution < -0.4 is 0 Å². The van der Waals surface area contributed by atoms with Crippen molar-refractivity contribution in [3.8, 4) is 0 Å². The molecule has 1 aliphatic rings. The van der Waals surface area contributed by atoms with Gasteiger partial charge in [0.25, 0.3) is 0 Å². The summed E-state index contributed by atoms with van der Waals surface area (Å²) < 4.78 is 5.18. The molecule has 0 spiro atoms. The lowest BCUT2D eigenvalue weighted by molar-refractivity contribution is -0.140. The van der Waals surface area contributed by atoms with E-state index in [4.69, 9.17) is 9.84 Å². The van der Waals surface area contributed by atoms with E-state index >= 15 is 0 Å². The van der Waals surface area contributed by atoms with Gasteiger partial charge in [0.1, 0.15) is 0 Å². The van der Waals surface area contributed by atoms with Gasteiger partial charge < -0.3 is 9.84 Å². The van der Waals surface area contributed by atoms with Gasteiger partial charge in [0.05, 0.1) is 11.5 Å². The Labute approximate surface area is 66.4 Å². The third kappa shape index (κ3) is 1.53. The summed E-state index contributed by atoms with van der Waals surface area (Å²) >= 11 is 0. The lowest BCUT2D eigenvalue weighted by Crippen LogP contribution is -2.27. The molecular formula is C8H14O3. The van der Waals surface area contributed by atoms with E-state index < -0.39 is 5.97 Å². The lowest BCUT2D eigenvalue weighted by Gasteiger charge is -2.22. The molecule has 1 N–H and O–H groups in total. The highest BCUT2D eigenvalue weighted by molar-refractivity contribution is 5.73. The van der Waals surface area contributed by atoms with Gasteiger partial charge in [-0.3, -0.25) is 4.79 Å². The largest absolute Gasteiger partial charge is 0.481 e. The standard InChI is InChI=1S/C8H14O3/c1-8(2,11-3)6-4-5(6)7(9)10/h5-6H,4H2,1-3H3,(H,9,10)/t5-,6-/m1/s1. The van der Waals surface area contributed by atoms with Crippen molar-refractivity contribution in [2.24, 2.45) is 11.8 Å². The summed E-state index contributed by atoms with van der Waals surface area (Å²) in [6.45, 7) is 3.86. The van der Waals surface area contributed by atoms with Gasteiger partial charge in [-0.15, -0.1) is 0 Å². The number of aliphatic carboxylic acids is 1. The van der Waals surface area contributed by atoms with E-state index in [1.165, 1.54) is 0 Å². The predicted octanol–water partition coefficient (Wildman–Crippen LogP) is 1.13. The molecule has 3 nitrogen and oxygen atoms in total. The Morgan fingerprint density at radius 1 is 1.64 bits per heavy atom. The first kappa shape index (κ1) is 8.53. The highest BCUT2D eigenvalue weighted by Crippen LogP contribution is 2.47. The van der Waals surface area contributed by atoms with Crippen molar-refractivity contribution in [2.75, 3.05) is 7.11 Å². The second-order valence-electron chi connectivity index (χ2n) is 3.59. The monoisotopic (exact) mass is 158 g/mol. The summed E-state index contributed by atoms with van der Waals surface area (Å²) in [6.07, 6.45) is 0.760. The molecule has 0 bridgehead atoms. The Morgan fingerprint density at radius 2 is 2.18 bits per heavy atom. The van der Waals surface area contributed by atoms with E-state index in [2.05, 4.69) is 0 Å². The molecular weight excluding hydrogens is 144 g/mol. The van der Waals surface area contributed by atoms with E-state index in [-0.39, 0.29) is 17.4 Å². The maximum atomic E-state index is 10.5. The number of ether oxygens (including phenoxy) is 1. The first-order chi connectivity index (χ1) is 4.99. The Bertz CT molecular complexity index is 174. The summed E-state index contributed by atoms with van der Waals surface area (Å²) in [5.41, 5.74) is -0.275. The van der Waals surface area contributed by atoms with Crippen molar-refractivity contribution < 1.29 is 14.6 Å². The zero-order valence-corrected chi connectivity index (χ0v) is 7.13. The van der Waals surface area contributed by atoms with Crippen molar-refractivity contribution in [3.63, 3.8) is 0 Å². The van der Waals surface area contributed by atoms with Gasteiger partial charge in [-0.2, -0.15) is 0 Å². The van der Waals surface area contributed by atoms with Gasteiger partial charge in [0, 0.05) is 13.0 Å². The number of hydrogen-bond donors (Lipinski definition) is 1. The number of carboxylic acid groups (broad SMARTS) is 1. The molecule has 0 aromatic carbocycles. The van der Waals surface area contributed by atoms with Crippen LogP contribution in [0.5, 0.6) is 0 Å². The Morgan fingerprint density at radius 3 is 2.45 bits per heavy atom. The molecule has 0 saturated heterocycles. The third-order valence-electron chi connectivity index (χ3n) is 2.53. The van der Waals surface area contributed by atoms with Gasteiger partial charge in [-0.25, -0.2) is 0 Å². The van der Waals surface area contributed by atoms with Gasteiger partial charge >= 0.3 is 5.97 Å². The molecule has 0 radical (unpaired) electrons. The van der Waals surface area contributed by atoms with Crippen molar-refractivity contribution in [2.45, 2.75) is 25.9 Å². The molecule has 1 rings (SSSR count). The van der Waals surface area contributed by atoms with Crippen molar-refractivity contribution in [1.29, 1.82) is 0 Å². The van der Waals surface area contributed by atoms with Gasteiger partial charge in [0.2, 0.25) is 0 Å². The Hall–Kier alpha value is -0.570. The molecule has 3 heteroatoms. The Balaban J connectivity index is 2.49. The maximum absolute atomic E-state index is 10.5. The van der Waals surface area contributed by atoms with E-state index in [9.17, 15) is 4.79 Å². The molecule has 0 heterocycles. The van der Waals surface area contributed by atoms with Crippen molar-refractivity contribution in [1.82, 2.24) is 0 Å². The Kier molecular flexibility index (Phi) is 1.92. The molecule has 64 valence electrons. The highest BCUT2D eigenvalue weighted by Gasteiger charge is 2.52. The van der Waals surface area contributed by atoms with Crippen LogP contribution in [0.3, 0.4) is 0 Å². The molecule has 1 aliphatic carbocycles. The molecule has 0 aromatic heterocycles. The molecule has 1 fully saturated rings. The molecule has 0 aromatic rings. The highest BCUT2D eigenvalue weighted by atomic mass is 16.5. The van der Waals surface area contributed by atoms with Crippen LogP contribution in [0.2, 0.25) is 0 Å².